The first kappa shape index (κ1) is 21.8. The van der Waals surface area contributed by atoms with Crippen LogP contribution in [0.2, 0.25) is 0 Å². The minimum Gasteiger partial charge on any atom is -0.497 e. The van der Waals surface area contributed by atoms with E-state index in [9.17, 15) is 9.59 Å². The molecular weight excluding hydrogens is 412 g/mol. The van der Waals surface area contributed by atoms with Crippen molar-refractivity contribution in [3.05, 3.63) is 42.5 Å². The van der Waals surface area contributed by atoms with Crippen LogP contribution in [0.5, 0.6) is 17.2 Å². The molecule has 1 saturated heterocycles. The molecule has 9 heteroatoms. The van der Waals surface area contributed by atoms with Gasteiger partial charge in [0, 0.05) is 43.5 Å². The molecule has 1 atom stereocenters. The number of methoxy groups -OCH3 is 1. The fourth-order valence-corrected chi connectivity index (χ4v) is 3.93. The van der Waals surface area contributed by atoms with Crippen LogP contribution < -0.4 is 30.2 Å². The zero-order valence-electron chi connectivity index (χ0n) is 18.1. The first-order valence-electron chi connectivity index (χ1n) is 10.7. The second-order valence-corrected chi connectivity index (χ2v) is 7.79. The van der Waals surface area contributed by atoms with Gasteiger partial charge in [0.2, 0.25) is 11.8 Å². The molecule has 0 radical (unpaired) electrons. The first-order chi connectivity index (χ1) is 15.5. The van der Waals surface area contributed by atoms with Crippen molar-refractivity contribution in [3.63, 3.8) is 0 Å². The maximum atomic E-state index is 12.7. The summed E-state index contributed by atoms with van der Waals surface area (Å²) in [6.45, 7) is 2.87. The van der Waals surface area contributed by atoms with E-state index in [1.807, 2.05) is 29.2 Å². The van der Waals surface area contributed by atoms with Crippen molar-refractivity contribution in [3.8, 4) is 17.2 Å². The van der Waals surface area contributed by atoms with E-state index in [2.05, 4.69) is 10.2 Å². The molecule has 0 bridgehead atoms. The van der Waals surface area contributed by atoms with E-state index in [1.165, 1.54) is 0 Å². The summed E-state index contributed by atoms with van der Waals surface area (Å²) in [4.78, 5) is 28.8. The lowest BCUT2D eigenvalue weighted by molar-refractivity contribution is -0.125. The number of hydrogen-bond acceptors (Lipinski definition) is 7. The Morgan fingerprint density at radius 1 is 1.09 bits per heavy atom. The number of nitrogens with two attached hydrogens (primary N) is 1. The standard InChI is InChI=1S/C23H28N4O5/c1-30-18-6-4-17(5-7-18)26-9-10-27(19(14-26)23(24)29)15-22(28)25-16-3-8-20-21(13-16)32-12-2-11-31-20/h3-8,13,19H,2,9-12,14-15H2,1H3,(H2,24,29)(H,25,28)/t19-/m0/s1. The van der Waals surface area contributed by atoms with Crippen LogP contribution in [0.3, 0.4) is 0 Å². The van der Waals surface area contributed by atoms with Gasteiger partial charge in [-0.15, -0.1) is 0 Å². The van der Waals surface area contributed by atoms with Gasteiger partial charge in [0.15, 0.2) is 11.5 Å². The average molecular weight is 441 g/mol. The van der Waals surface area contributed by atoms with E-state index in [0.29, 0.717) is 50.0 Å². The van der Waals surface area contributed by atoms with Gasteiger partial charge in [-0.25, -0.2) is 0 Å². The lowest BCUT2D eigenvalue weighted by atomic mass is 10.1. The number of benzene rings is 2. The smallest absolute Gasteiger partial charge is 0.238 e. The van der Waals surface area contributed by atoms with Gasteiger partial charge in [-0.05, 0) is 36.4 Å². The van der Waals surface area contributed by atoms with Crippen LogP contribution in [0.4, 0.5) is 11.4 Å². The van der Waals surface area contributed by atoms with Crippen molar-refractivity contribution in [2.45, 2.75) is 12.5 Å². The minimum absolute atomic E-state index is 0.0680. The van der Waals surface area contributed by atoms with Gasteiger partial charge in [-0.1, -0.05) is 0 Å². The van der Waals surface area contributed by atoms with Gasteiger partial charge in [0.05, 0.1) is 26.9 Å². The van der Waals surface area contributed by atoms with E-state index >= 15 is 0 Å². The molecule has 2 aliphatic heterocycles. The van der Waals surface area contributed by atoms with Gasteiger partial charge < -0.3 is 30.2 Å². The number of amides is 2. The quantitative estimate of drug-likeness (QED) is 0.701. The highest BCUT2D eigenvalue weighted by Gasteiger charge is 2.32. The van der Waals surface area contributed by atoms with Gasteiger partial charge in [-0.2, -0.15) is 0 Å². The first-order valence-corrected chi connectivity index (χ1v) is 10.7. The normalized spacial score (nSPS) is 18.5. The number of hydrogen-bond donors (Lipinski definition) is 2. The highest BCUT2D eigenvalue weighted by molar-refractivity contribution is 5.93. The van der Waals surface area contributed by atoms with Crippen LogP contribution in [-0.4, -0.2) is 69.3 Å². The van der Waals surface area contributed by atoms with Crippen LogP contribution in [0.15, 0.2) is 42.5 Å². The Labute approximate surface area is 187 Å². The lowest BCUT2D eigenvalue weighted by Crippen LogP contribution is -2.59. The molecule has 9 nitrogen and oxygen atoms in total. The summed E-state index contributed by atoms with van der Waals surface area (Å²) in [5.41, 5.74) is 7.27. The molecule has 0 aliphatic carbocycles. The predicted octanol–water partition coefficient (Wildman–Crippen LogP) is 1.47. The number of rotatable bonds is 6. The molecule has 2 amide bonds. The van der Waals surface area contributed by atoms with E-state index < -0.39 is 11.9 Å². The molecule has 2 aliphatic rings. The molecule has 2 aromatic carbocycles. The molecule has 0 spiro atoms. The van der Waals surface area contributed by atoms with Gasteiger partial charge >= 0.3 is 0 Å². The lowest BCUT2D eigenvalue weighted by Gasteiger charge is -2.40. The van der Waals surface area contributed by atoms with Gasteiger partial charge in [-0.3, -0.25) is 14.5 Å². The van der Waals surface area contributed by atoms with Crippen molar-refractivity contribution >= 4 is 23.2 Å². The molecule has 2 heterocycles. The van der Waals surface area contributed by atoms with Crippen LogP contribution in [0.25, 0.3) is 0 Å². The molecule has 32 heavy (non-hydrogen) atoms. The number of ether oxygens (including phenoxy) is 3. The Hall–Kier alpha value is -3.46. The van der Waals surface area contributed by atoms with Crippen LogP contribution in [0, 0.1) is 0 Å². The van der Waals surface area contributed by atoms with Crippen molar-refractivity contribution in [1.82, 2.24) is 4.90 Å². The van der Waals surface area contributed by atoms with Crippen LogP contribution in [-0.2, 0) is 9.59 Å². The Morgan fingerprint density at radius 2 is 1.84 bits per heavy atom. The van der Waals surface area contributed by atoms with Crippen molar-refractivity contribution in [2.75, 3.05) is 56.7 Å². The predicted molar refractivity (Wildman–Crippen MR) is 120 cm³/mol. The number of nitrogens with one attached hydrogen (secondary N) is 1. The van der Waals surface area contributed by atoms with Crippen molar-refractivity contribution in [1.29, 1.82) is 0 Å². The van der Waals surface area contributed by atoms with Gasteiger partial charge in [0.1, 0.15) is 11.8 Å². The molecule has 4 rings (SSSR count). The molecule has 3 N–H and O–H groups in total. The summed E-state index contributed by atoms with van der Waals surface area (Å²) in [7, 11) is 1.62. The van der Waals surface area contributed by atoms with E-state index in [-0.39, 0.29) is 12.5 Å². The Kier molecular flexibility index (Phi) is 6.65. The number of carbonyl (C=O) groups excluding carboxylic acids is 2. The maximum Gasteiger partial charge on any atom is 0.238 e. The van der Waals surface area contributed by atoms with Crippen molar-refractivity contribution < 1.29 is 23.8 Å². The van der Waals surface area contributed by atoms with Gasteiger partial charge in [0.25, 0.3) is 0 Å². The van der Waals surface area contributed by atoms with E-state index in [0.717, 1.165) is 17.9 Å². The zero-order chi connectivity index (χ0) is 22.5. The summed E-state index contributed by atoms with van der Waals surface area (Å²) < 4.78 is 16.5. The molecule has 0 unspecified atom stereocenters. The number of carbonyl (C=O) groups is 2. The zero-order valence-corrected chi connectivity index (χ0v) is 18.1. The van der Waals surface area contributed by atoms with Crippen LogP contribution in [0.1, 0.15) is 6.42 Å². The Bertz CT molecular complexity index is 965. The largest absolute Gasteiger partial charge is 0.497 e. The Balaban J connectivity index is 1.38. The molecule has 0 aromatic heterocycles. The minimum atomic E-state index is -0.569. The second kappa shape index (κ2) is 9.78. The topological polar surface area (TPSA) is 106 Å². The number of fused-ring (bicyclic) bond motifs is 1. The highest BCUT2D eigenvalue weighted by atomic mass is 16.5. The summed E-state index contributed by atoms with van der Waals surface area (Å²) in [5.74, 6) is 1.38. The number of primary amides is 1. The SMILES string of the molecule is COc1ccc(N2CCN(CC(=O)Nc3ccc4c(c3)OCCCO4)[C@H](C(N)=O)C2)cc1. The van der Waals surface area contributed by atoms with Crippen LogP contribution >= 0.6 is 0 Å². The third-order valence-electron chi connectivity index (χ3n) is 5.64. The molecule has 2 aromatic rings. The third-order valence-corrected chi connectivity index (χ3v) is 5.64. The summed E-state index contributed by atoms with van der Waals surface area (Å²) in [6.07, 6.45) is 0.813. The fourth-order valence-electron chi connectivity index (χ4n) is 3.93. The second-order valence-electron chi connectivity index (χ2n) is 7.79. The molecule has 1 fully saturated rings. The Morgan fingerprint density at radius 3 is 2.56 bits per heavy atom. The average Bonchev–Trinajstić information content (AvgIpc) is 3.04. The number of piperazine rings is 1. The molecular formula is C23H28N4O5. The van der Waals surface area contributed by atoms with E-state index in [1.54, 1.807) is 25.3 Å². The summed E-state index contributed by atoms with van der Waals surface area (Å²) in [5, 5.41) is 2.88. The summed E-state index contributed by atoms with van der Waals surface area (Å²) in [6, 6.07) is 12.4. The summed E-state index contributed by atoms with van der Waals surface area (Å²) >= 11 is 0. The fraction of sp³-hybridized carbons (Fsp3) is 0.391. The number of nitrogens with zero attached hydrogens (tertiary/aromatic N) is 2. The third kappa shape index (κ3) is 5.05. The maximum absolute atomic E-state index is 12.7. The molecule has 0 saturated carbocycles. The monoisotopic (exact) mass is 440 g/mol. The highest BCUT2D eigenvalue weighted by Crippen LogP contribution is 2.32. The van der Waals surface area contributed by atoms with Crippen molar-refractivity contribution in [2.24, 2.45) is 5.73 Å². The number of anilines is 2. The van der Waals surface area contributed by atoms with E-state index in [4.69, 9.17) is 19.9 Å². The molecule has 170 valence electrons.